The summed E-state index contributed by atoms with van der Waals surface area (Å²) >= 11 is 5.85. The van der Waals surface area contributed by atoms with Gasteiger partial charge in [-0.15, -0.1) is 0 Å². The molecule has 4 nitrogen and oxygen atoms in total. The number of ether oxygens (including phenoxy) is 1. The Morgan fingerprint density at radius 3 is 2.61 bits per heavy atom. The lowest BCUT2D eigenvalue weighted by molar-refractivity contribution is -0.139. The van der Waals surface area contributed by atoms with Gasteiger partial charge in [0.25, 0.3) is 0 Å². The summed E-state index contributed by atoms with van der Waals surface area (Å²) in [5, 5.41) is 9.74. The van der Waals surface area contributed by atoms with E-state index >= 15 is 0 Å². The zero-order chi connectivity index (χ0) is 16.8. The molecule has 0 atom stereocenters. The van der Waals surface area contributed by atoms with Crippen molar-refractivity contribution in [3.63, 3.8) is 0 Å². The maximum absolute atomic E-state index is 11.8. The van der Waals surface area contributed by atoms with Crippen molar-refractivity contribution in [1.82, 2.24) is 0 Å². The van der Waals surface area contributed by atoms with Crippen molar-refractivity contribution in [2.24, 2.45) is 5.92 Å². The van der Waals surface area contributed by atoms with Crippen molar-refractivity contribution in [1.29, 1.82) is 5.26 Å². The lowest BCUT2D eigenvalue weighted by Crippen LogP contribution is -2.11. The molecule has 0 bridgehead atoms. The van der Waals surface area contributed by atoms with Crippen LogP contribution in [0, 0.1) is 17.2 Å². The highest BCUT2D eigenvalue weighted by molar-refractivity contribution is 6.30. The van der Waals surface area contributed by atoms with Gasteiger partial charge in [-0.25, -0.2) is 4.79 Å². The van der Waals surface area contributed by atoms with Gasteiger partial charge in [-0.3, -0.25) is 0 Å². The number of benzene rings is 1. The molecular weight excluding hydrogens is 314 g/mol. The van der Waals surface area contributed by atoms with Gasteiger partial charge in [0.05, 0.1) is 6.61 Å². The van der Waals surface area contributed by atoms with E-state index in [2.05, 4.69) is 0 Å². The van der Waals surface area contributed by atoms with E-state index in [1.54, 1.807) is 24.3 Å². The second-order valence-electron chi connectivity index (χ2n) is 5.37. The van der Waals surface area contributed by atoms with Crippen molar-refractivity contribution >= 4 is 23.6 Å². The van der Waals surface area contributed by atoms with Crippen molar-refractivity contribution in [3.05, 3.63) is 52.8 Å². The van der Waals surface area contributed by atoms with Crippen LogP contribution in [0.2, 0.25) is 5.02 Å². The largest absolute Gasteiger partial charge is 0.461 e. The fraction of sp³-hybridized carbons (Fsp3) is 0.222. The molecule has 5 heteroatoms. The smallest absolute Gasteiger partial charge is 0.349 e. The van der Waals surface area contributed by atoms with E-state index in [1.807, 2.05) is 32.0 Å². The minimum atomic E-state index is -0.648. The number of carbonyl (C=O) groups excluding carboxylic acids is 1. The third kappa shape index (κ3) is 4.73. The number of nitrogens with zero attached hydrogens (tertiary/aromatic N) is 1. The number of hydrogen-bond donors (Lipinski definition) is 0. The summed E-state index contributed by atoms with van der Waals surface area (Å²) < 4.78 is 10.7. The van der Waals surface area contributed by atoms with Crippen molar-refractivity contribution in [2.75, 3.05) is 6.61 Å². The van der Waals surface area contributed by atoms with Crippen LogP contribution >= 0.6 is 11.6 Å². The Hall–Kier alpha value is -2.51. The molecule has 0 aliphatic heterocycles. The van der Waals surface area contributed by atoms with Gasteiger partial charge in [0.15, 0.2) is 0 Å². The van der Waals surface area contributed by atoms with E-state index in [9.17, 15) is 4.79 Å². The van der Waals surface area contributed by atoms with Crippen LogP contribution in [-0.2, 0) is 9.53 Å². The van der Waals surface area contributed by atoms with Gasteiger partial charge in [0.2, 0.25) is 0 Å². The van der Waals surface area contributed by atoms with Gasteiger partial charge in [-0.05, 0) is 42.3 Å². The summed E-state index contributed by atoms with van der Waals surface area (Å²) in [6.07, 6.45) is 1.38. The lowest BCUT2D eigenvalue weighted by Gasteiger charge is -2.05. The monoisotopic (exact) mass is 329 g/mol. The van der Waals surface area contributed by atoms with Crippen LogP contribution < -0.4 is 0 Å². The van der Waals surface area contributed by atoms with E-state index in [0.717, 1.165) is 5.56 Å². The molecule has 0 aliphatic carbocycles. The first kappa shape index (κ1) is 16.9. The summed E-state index contributed by atoms with van der Waals surface area (Å²) in [5.41, 5.74) is 0.762. The molecule has 0 fully saturated rings. The maximum atomic E-state index is 11.8. The Morgan fingerprint density at radius 1 is 1.30 bits per heavy atom. The maximum Gasteiger partial charge on any atom is 0.349 e. The van der Waals surface area contributed by atoms with Crippen molar-refractivity contribution < 1.29 is 13.9 Å². The number of hydrogen-bond acceptors (Lipinski definition) is 4. The minimum Gasteiger partial charge on any atom is -0.461 e. The lowest BCUT2D eigenvalue weighted by atomic mass is 10.2. The third-order valence-electron chi connectivity index (χ3n) is 2.93. The summed E-state index contributed by atoms with van der Waals surface area (Å²) in [7, 11) is 0. The van der Waals surface area contributed by atoms with Gasteiger partial charge < -0.3 is 9.15 Å². The number of carbonyl (C=O) groups is 1. The SMILES string of the molecule is CC(C)COC(=O)/C(C#N)=C\c1ccc(-c2ccc(Cl)cc2)o1. The first-order chi connectivity index (χ1) is 11.0. The van der Waals surface area contributed by atoms with E-state index in [1.165, 1.54) is 6.08 Å². The molecule has 1 aromatic carbocycles. The summed E-state index contributed by atoms with van der Waals surface area (Å²) in [4.78, 5) is 11.8. The molecule has 0 unspecified atom stereocenters. The molecule has 0 radical (unpaired) electrons. The summed E-state index contributed by atoms with van der Waals surface area (Å²) in [5.74, 6) is 0.596. The number of esters is 1. The van der Waals surface area contributed by atoms with Crippen LogP contribution in [0.25, 0.3) is 17.4 Å². The Bertz CT molecular complexity index is 751. The Morgan fingerprint density at radius 2 is 2.00 bits per heavy atom. The molecule has 0 saturated carbocycles. The van der Waals surface area contributed by atoms with Gasteiger partial charge in [-0.1, -0.05) is 25.4 Å². The quantitative estimate of drug-likeness (QED) is 0.453. The van der Waals surface area contributed by atoms with E-state index in [4.69, 9.17) is 26.0 Å². The first-order valence-corrected chi connectivity index (χ1v) is 7.52. The topological polar surface area (TPSA) is 63.2 Å². The fourth-order valence-corrected chi connectivity index (χ4v) is 1.92. The van der Waals surface area contributed by atoms with Crippen LogP contribution in [-0.4, -0.2) is 12.6 Å². The molecule has 23 heavy (non-hydrogen) atoms. The second kappa shape index (κ2) is 7.66. The molecule has 1 aromatic heterocycles. The van der Waals surface area contributed by atoms with Crippen LogP contribution in [0.1, 0.15) is 19.6 Å². The first-order valence-electron chi connectivity index (χ1n) is 7.14. The van der Waals surface area contributed by atoms with Crippen molar-refractivity contribution in [3.8, 4) is 17.4 Å². The third-order valence-corrected chi connectivity index (χ3v) is 3.18. The molecule has 2 aromatic rings. The Labute approximate surface area is 139 Å². The van der Waals surface area contributed by atoms with Gasteiger partial charge in [-0.2, -0.15) is 5.26 Å². The van der Waals surface area contributed by atoms with Crippen LogP contribution in [0.4, 0.5) is 0 Å². The summed E-state index contributed by atoms with van der Waals surface area (Å²) in [6, 6.07) is 12.5. The number of rotatable bonds is 5. The van der Waals surface area contributed by atoms with Gasteiger partial charge in [0, 0.05) is 16.7 Å². The Balaban J connectivity index is 2.17. The molecule has 0 spiro atoms. The number of furan rings is 1. The van der Waals surface area contributed by atoms with E-state index in [-0.39, 0.29) is 18.1 Å². The highest BCUT2D eigenvalue weighted by atomic mass is 35.5. The van der Waals surface area contributed by atoms with E-state index < -0.39 is 5.97 Å². The predicted molar refractivity (Wildman–Crippen MR) is 88.5 cm³/mol. The number of nitriles is 1. The standard InChI is InChI=1S/C18H16ClNO3/c1-12(2)11-22-18(21)14(10-20)9-16-7-8-17(23-16)13-3-5-15(19)6-4-13/h3-9,12H,11H2,1-2H3/b14-9-. The molecular formula is C18H16ClNO3. The normalized spacial score (nSPS) is 11.3. The minimum absolute atomic E-state index is 0.0948. The highest BCUT2D eigenvalue weighted by Gasteiger charge is 2.13. The van der Waals surface area contributed by atoms with Gasteiger partial charge in [0.1, 0.15) is 23.2 Å². The molecule has 0 saturated heterocycles. The predicted octanol–water partition coefficient (Wildman–Crippen LogP) is 4.71. The number of halogens is 1. The van der Waals surface area contributed by atoms with E-state index in [0.29, 0.717) is 16.5 Å². The Kier molecular flexibility index (Phi) is 5.61. The molecule has 0 N–H and O–H groups in total. The molecule has 1 heterocycles. The summed E-state index contributed by atoms with van der Waals surface area (Å²) in [6.45, 7) is 4.12. The second-order valence-corrected chi connectivity index (χ2v) is 5.81. The zero-order valence-corrected chi connectivity index (χ0v) is 13.6. The van der Waals surface area contributed by atoms with Crippen molar-refractivity contribution in [2.45, 2.75) is 13.8 Å². The molecule has 118 valence electrons. The average Bonchev–Trinajstić information content (AvgIpc) is 2.99. The fourth-order valence-electron chi connectivity index (χ4n) is 1.80. The van der Waals surface area contributed by atoms with Gasteiger partial charge >= 0.3 is 5.97 Å². The van der Waals surface area contributed by atoms with Crippen LogP contribution in [0.15, 0.2) is 46.4 Å². The molecule has 0 amide bonds. The van der Waals surface area contributed by atoms with Crippen LogP contribution in [0.5, 0.6) is 0 Å². The average molecular weight is 330 g/mol. The highest BCUT2D eigenvalue weighted by Crippen LogP contribution is 2.24. The molecule has 0 aliphatic rings. The molecule has 2 rings (SSSR count). The van der Waals surface area contributed by atoms with Crippen LogP contribution in [0.3, 0.4) is 0 Å². The zero-order valence-electron chi connectivity index (χ0n) is 12.9.